The third-order valence-electron chi connectivity index (χ3n) is 2.51. The largest absolute Gasteiger partial charge is 0.349 e. The molecule has 1 atom stereocenters. The van der Waals surface area contributed by atoms with Crippen LogP contribution in [0, 0.1) is 26.2 Å². The Balaban J connectivity index is 2.85. The van der Waals surface area contributed by atoms with Crippen molar-refractivity contribution in [2.24, 2.45) is 0 Å². The second-order valence-corrected chi connectivity index (χ2v) is 4.05. The van der Waals surface area contributed by atoms with E-state index in [-0.39, 0.29) is 11.9 Å². The summed E-state index contributed by atoms with van der Waals surface area (Å²) in [4.78, 5) is 12.0. The zero-order valence-electron chi connectivity index (χ0n) is 10.0. The van der Waals surface area contributed by atoms with E-state index in [4.69, 9.17) is 6.42 Å². The fraction of sp³-hybridized carbons (Fsp3) is 0.357. The highest BCUT2D eigenvalue weighted by Gasteiger charge is 2.13. The first-order valence-electron chi connectivity index (χ1n) is 5.36. The van der Waals surface area contributed by atoms with Crippen LogP contribution < -0.4 is 5.32 Å². The van der Waals surface area contributed by atoms with Gasteiger partial charge < -0.3 is 5.32 Å². The molecule has 0 saturated carbocycles. The smallest absolute Gasteiger partial charge is 0.252 e. The van der Waals surface area contributed by atoms with Gasteiger partial charge in [-0.15, -0.1) is 12.3 Å². The number of carbonyl (C=O) groups is 1. The maximum atomic E-state index is 12.0. The minimum Gasteiger partial charge on any atom is -0.349 e. The molecule has 1 unspecified atom stereocenters. The van der Waals surface area contributed by atoms with Crippen LogP contribution in [-0.4, -0.2) is 11.9 Å². The SMILES string of the molecule is C#CCC(C)NC(=O)c1c(C)cccc1C. The zero-order valence-corrected chi connectivity index (χ0v) is 10.0. The number of nitrogens with one attached hydrogen (secondary N) is 1. The molecule has 0 aliphatic carbocycles. The van der Waals surface area contributed by atoms with Crippen LogP contribution in [0.15, 0.2) is 18.2 Å². The van der Waals surface area contributed by atoms with Gasteiger partial charge in [-0.3, -0.25) is 4.79 Å². The molecule has 1 amide bonds. The van der Waals surface area contributed by atoms with E-state index in [2.05, 4.69) is 11.2 Å². The summed E-state index contributed by atoms with van der Waals surface area (Å²) in [6, 6.07) is 5.84. The lowest BCUT2D eigenvalue weighted by Gasteiger charge is -2.14. The highest BCUT2D eigenvalue weighted by Crippen LogP contribution is 2.13. The number of terminal acetylenes is 1. The van der Waals surface area contributed by atoms with Crippen molar-refractivity contribution >= 4 is 5.91 Å². The first-order valence-corrected chi connectivity index (χ1v) is 5.36. The maximum absolute atomic E-state index is 12.0. The highest BCUT2D eigenvalue weighted by molar-refractivity contribution is 5.97. The molecule has 1 aromatic rings. The van der Waals surface area contributed by atoms with Crippen molar-refractivity contribution in [1.82, 2.24) is 5.32 Å². The lowest BCUT2D eigenvalue weighted by Crippen LogP contribution is -2.33. The van der Waals surface area contributed by atoms with Crippen molar-refractivity contribution in [3.05, 3.63) is 34.9 Å². The number of amides is 1. The van der Waals surface area contributed by atoms with E-state index in [0.717, 1.165) is 16.7 Å². The van der Waals surface area contributed by atoms with E-state index in [0.29, 0.717) is 6.42 Å². The lowest BCUT2D eigenvalue weighted by atomic mass is 10.0. The van der Waals surface area contributed by atoms with Gasteiger partial charge in [0.05, 0.1) is 0 Å². The molecule has 0 bridgehead atoms. The van der Waals surface area contributed by atoms with Crippen LogP contribution >= 0.6 is 0 Å². The van der Waals surface area contributed by atoms with Gasteiger partial charge in [-0.2, -0.15) is 0 Å². The predicted octanol–water partition coefficient (Wildman–Crippen LogP) is 2.45. The standard InChI is InChI=1S/C14H17NO/c1-5-7-12(4)15-14(16)13-10(2)8-6-9-11(13)3/h1,6,8-9,12H,7H2,2-4H3,(H,15,16). The topological polar surface area (TPSA) is 29.1 Å². The molecule has 0 aromatic heterocycles. The Morgan fingerprint density at radius 3 is 2.50 bits per heavy atom. The summed E-state index contributed by atoms with van der Waals surface area (Å²) in [5.74, 6) is 2.50. The van der Waals surface area contributed by atoms with E-state index in [1.165, 1.54) is 0 Å². The Morgan fingerprint density at radius 2 is 2.00 bits per heavy atom. The summed E-state index contributed by atoms with van der Waals surface area (Å²) in [5, 5.41) is 2.90. The number of rotatable bonds is 3. The summed E-state index contributed by atoms with van der Waals surface area (Å²) >= 11 is 0. The number of hydrogen-bond acceptors (Lipinski definition) is 1. The fourth-order valence-electron chi connectivity index (χ4n) is 1.70. The predicted molar refractivity (Wildman–Crippen MR) is 66.3 cm³/mol. The molecular formula is C14H17NO. The molecule has 84 valence electrons. The molecule has 0 aliphatic heterocycles. The number of aryl methyl sites for hydroxylation is 2. The van der Waals surface area contributed by atoms with Crippen LogP contribution in [0.1, 0.15) is 34.8 Å². The van der Waals surface area contributed by atoms with Crippen molar-refractivity contribution in [2.45, 2.75) is 33.2 Å². The van der Waals surface area contributed by atoms with Crippen molar-refractivity contribution in [3.63, 3.8) is 0 Å². The highest BCUT2D eigenvalue weighted by atomic mass is 16.1. The lowest BCUT2D eigenvalue weighted by molar-refractivity contribution is 0.0939. The van der Waals surface area contributed by atoms with Gasteiger partial charge in [-0.05, 0) is 31.9 Å². The van der Waals surface area contributed by atoms with Gasteiger partial charge in [0.25, 0.3) is 5.91 Å². The van der Waals surface area contributed by atoms with Crippen molar-refractivity contribution in [1.29, 1.82) is 0 Å². The first-order chi connectivity index (χ1) is 7.56. The summed E-state index contributed by atoms with van der Waals surface area (Å²) in [6.07, 6.45) is 5.75. The molecule has 0 saturated heterocycles. The number of hydrogen-bond donors (Lipinski definition) is 1. The molecule has 1 N–H and O–H groups in total. The second kappa shape index (κ2) is 5.37. The quantitative estimate of drug-likeness (QED) is 0.771. The van der Waals surface area contributed by atoms with Gasteiger partial charge in [-0.25, -0.2) is 0 Å². The third-order valence-corrected chi connectivity index (χ3v) is 2.51. The Hall–Kier alpha value is -1.75. The van der Waals surface area contributed by atoms with E-state index >= 15 is 0 Å². The molecule has 0 aliphatic rings. The normalized spacial score (nSPS) is 11.6. The van der Waals surface area contributed by atoms with Crippen LogP contribution in [0.3, 0.4) is 0 Å². The van der Waals surface area contributed by atoms with Gasteiger partial charge in [0.1, 0.15) is 0 Å². The summed E-state index contributed by atoms with van der Waals surface area (Å²) in [7, 11) is 0. The minimum absolute atomic E-state index is 0.0107. The Morgan fingerprint density at radius 1 is 1.44 bits per heavy atom. The molecule has 1 rings (SSSR count). The van der Waals surface area contributed by atoms with Gasteiger partial charge in [0.2, 0.25) is 0 Å². The van der Waals surface area contributed by atoms with E-state index in [9.17, 15) is 4.79 Å². The molecular weight excluding hydrogens is 198 g/mol. The molecule has 1 aromatic carbocycles. The van der Waals surface area contributed by atoms with Crippen molar-refractivity contribution in [2.75, 3.05) is 0 Å². The summed E-state index contributed by atoms with van der Waals surface area (Å²) in [5.41, 5.74) is 2.74. The third kappa shape index (κ3) is 2.87. The van der Waals surface area contributed by atoms with E-state index in [1.807, 2.05) is 39.0 Å². The van der Waals surface area contributed by atoms with Gasteiger partial charge in [0, 0.05) is 18.0 Å². The second-order valence-electron chi connectivity index (χ2n) is 4.05. The van der Waals surface area contributed by atoms with Crippen LogP contribution in [0.2, 0.25) is 0 Å². The maximum Gasteiger partial charge on any atom is 0.252 e. The molecule has 0 fully saturated rings. The molecule has 2 heteroatoms. The molecule has 2 nitrogen and oxygen atoms in total. The van der Waals surface area contributed by atoms with Crippen molar-refractivity contribution < 1.29 is 4.79 Å². The van der Waals surface area contributed by atoms with Crippen LogP contribution in [0.5, 0.6) is 0 Å². The van der Waals surface area contributed by atoms with E-state index in [1.54, 1.807) is 0 Å². The van der Waals surface area contributed by atoms with Crippen LogP contribution in [0.25, 0.3) is 0 Å². The van der Waals surface area contributed by atoms with E-state index < -0.39 is 0 Å². The molecule has 0 heterocycles. The first kappa shape index (κ1) is 12.3. The Kier molecular flexibility index (Phi) is 4.13. The summed E-state index contributed by atoms with van der Waals surface area (Å²) in [6.45, 7) is 5.78. The average Bonchev–Trinajstić information content (AvgIpc) is 2.17. The molecule has 16 heavy (non-hydrogen) atoms. The van der Waals surface area contributed by atoms with Crippen molar-refractivity contribution in [3.8, 4) is 12.3 Å². The Labute approximate surface area is 97.1 Å². The van der Waals surface area contributed by atoms with Gasteiger partial charge in [0.15, 0.2) is 0 Å². The van der Waals surface area contributed by atoms with Crippen LogP contribution in [-0.2, 0) is 0 Å². The van der Waals surface area contributed by atoms with Gasteiger partial charge in [-0.1, -0.05) is 18.2 Å². The van der Waals surface area contributed by atoms with Gasteiger partial charge >= 0.3 is 0 Å². The molecule has 0 radical (unpaired) electrons. The number of carbonyl (C=O) groups excluding carboxylic acids is 1. The average molecular weight is 215 g/mol. The molecule has 0 spiro atoms. The zero-order chi connectivity index (χ0) is 12.1. The fourth-order valence-corrected chi connectivity index (χ4v) is 1.70. The van der Waals surface area contributed by atoms with Crippen LogP contribution in [0.4, 0.5) is 0 Å². The number of benzene rings is 1. The summed E-state index contributed by atoms with van der Waals surface area (Å²) < 4.78 is 0. The minimum atomic E-state index is -0.0432. The Bertz CT molecular complexity index is 409. The monoisotopic (exact) mass is 215 g/mol.